The quantitative estimate of drug-likeness (QED) is 0.407. The van der Waals surface area contributed by atoms with Crippen LogP contribution < -0.4 is 15.0 Å². The Morgan fingerprint density at radius 3 is 2.48 bits per heavy atom. The molecule has 1 heterocycles. The molecule has 1 fully saturated rings. The summed E-state index contributed by atoms with van der Waals surface area (Å²) in [6, 6.07) is 21.9. The predicted octanol–water partition coefficient (Wildman–Crippen LogP) is 4.57. The molecular weight excluding hydrogens is 486 g/mol. The summed E-state index contributed by atoms with van der Waals surface area (Å²) >= 11 is 3.31. The Morgan fingerprint density at radius 1 is 1.00 bits per heavy atom. The second-order valence-electron chi connectivity index (χ2n) is 7.06. The molecule has 33 heavy (non-hydrogen) atoms. The molecule has 1 saturated heterocycles. The third kappa shape index (κ3) is 4.84. The molecule has 8 heteroatoms. The zero-order valence-electron chi connectivity index (χ0n) is 17.1. The predicted molar refractivity (Wildman–Crippen MR) is 125 cm³/mol. The normalized spacial score (nSPS) is 14.7. The molecule has 0 saturated carbocycles. The van der Waals surface area contributed by atoms with Gasteiger partial charge in [0, 0.05) is 10.0 Å². The van der Waals surface area contributed by atoms with Gasteiger partial charge in [0.05, 0.1) is 17.3 Å². The molecule has 0 bridgehead atoms. The maximum atomic E-state index is 13.0. The summed E-state index contributed by atoms with van der Waals surface area (Å²) in [4.78, 5) is 38.5. The molecule has 4 amide bonds. The van der Waals surface area contributed by atoms with E-state index in [1.807, 2.05) is 12.1 Å². The van der Waals surface area contributed by atoms with Gasteiger partial charge in [-0.25, -0.2) is 9.69 Å². The SMILES string of the molecule is N#Cc1ccccc1COc1ccc(C=C2C(=O)NC(=O)N(c3cccc(Br)c3)C2=O)cc1. The summed E-state index contributed by atoms with van der Waals surface area (Å²) in [6.07, 6.45) is 1.42. The minimum atomic E-state index is -0.804. The van der Waals surface area contributed by atoms with Gasteiger partial charge in [0.15, 0.2) is 0 Å². The molecule has 0 aromatic heterocycles. The van der Waals surface area contributed by atoms with Gasteiger partial charge in [0.25, 0.3) is 11.8 Å². The highest BCUT2D eigenvalue weighted by atomic mass is 79.9. The van der Waals surface area contributed by atoms with E-state index in [9.17, 15) is 19.6 Å². The lowest BCUT2D eigenvalue weighted by molar-refractivity contribution is -0.122. The van der Waals surface area contributed by atoms with E-state index in [0.29, 0.717) is 27.0 Å². The zero-order chi connectivity index (χ0) is 23.4. The van der Waals surface area contributed by atoms with Crippen LogP contribution in [0.4, 0.5) is 10.5 Å². The highest BCUT2D eigenvalue weighted by Gasteiger charge is 2.36. The van der Waals surface area contributed by atoms with Crippen LogP contribution in [0.5, 0.6) is 5.75 Å². The summed E-state index contributed by atoms with van der Waals surface area (Å²) in [5.41, 5.74) is 2.08. The lowest BCUT2D eigenvalue weighted by Gasteiger charge is -2.26. The smallest absolute Gasteiger partial charge is 0.335 e. The Labute approximate surface area is 198 Å². The Hall–Kier alpha value is -4.22. The van der Waals surface area contributed by atoms with Crippen LogP contribution in [0.15, 0.2) is 82.8 Å². The molecule has 0 spiro atoms. The number of benzene rings is 3. The minimum absolute atomic E-state index is 0.161. The molecule has 162 valence electrons. The average Bonchev–Trinajstić information content (AvgIpc) is 2.81. The number of hydrogen-bond acceptors (Lipinski definition) is 5. The number of amides is 4. The van der Waals surface area contributed by atoms with Crippen LogP contribution in [0.25, 0.3) is 6.08 Å². The number of nitrogens with zero attached hydrogens (tertiary/aromatic N) is 2. The Bertz CT molecular complexity index is 1330. The molecule has 0 aliphatic carbocycles. The van der Waals surface area contributed by atoms with Crippen LogP contribution in [-0.4, -0.2) is 17.8 Å². The largest absolute Gasteiger partial charge is 0.489 e. The van der Waals surface area contributed by atoms with Crippen molar-refractivity contribution in [2.45, 2.75) is 6.61 Å². The van der Waals surface area contributed by atoms with Crippen molar-refractivity contribution in [2.75, 3.05) is 4.90 Å². The van der Waals surface area contributed by atoms with Gasteiger partial charge in [-0.15, -0.1) is 0 Å². The Morgan fingerprint density at radius 2 is 1.76 bits per heavy atom. The van der Waals surface area contributed by atoms with Gasteiger partial charge < -0.3 is 4.74 Å². The summed E-state index contributed by atoms with van der Waals surface area (Å²) in [5.74, 6) is -0.907. The summed E-state index contributed by atoms with van der Waals surface area (Å²) in [6.45, 7) is 0.231. The number of imide groups is 2. The van der Waals surface area contributed by atoms with Gasteiger partial charge in [-0.3, -0.25) is 14.9 Å². The summed E-state index contributed by atoms with van der Waals surface area (Å²) < 4.78 is 6.44. The van der Waals surface area contributed by atoms with Crippen LogP contribution in [0, 0.1) is 11.3 Å². The molecular formula is C25H16BrN3O4. The fourth-order valence-corrected chi connectivity index (χ4v) is 3.64. The van der Waals surface area contributed by atoms with E-state index in [1.165, 1.54) is 6.08 Å². The fraction of sp³-hybridized carbons (Fsp3) is 0.0400. The number of urea groups is 1. The van der Waals surface area contributed by atoms with Crippen molar-refractivity contribution in [1.29, 1.82) is 5.26 Å². The van der Waals surface area contributed by atoms with E-state index in [1.54, 1.807) is 60.7 Å². The van der Waals surface area contributed by atoms with E-state index < -0.39 is 17.8 Å². The summed E-state index contributed by atoms with van der Waals surface area (Å²) in [5, 5.41) is 11.4. The first-order chi connectivity index (χ1) is 16.0. The first-order valence-electron chi connectivity index (χ1n) is 9.84. The molecule has 3 aromatic rings. The van der Waals surface area contributed by atoms with Crippen molar-refractivity contribution in [1.82, 2.24) is 5.32 Å². The first kappa shape index (κ1) is 22.0. The fourth-order valence-electron chi connectivity index (χ4n) is 3.25. The molecule has 0 unspecified atom stereocenters. The van der Waals surface area contributed by atoms with Crippen molar-refractivity contribution >= 4 is 45.5 Å². The molecule has 7 nitrogen and oxygen atoms in total. The highest BCUT2D eigenvalue weighted by molar-refractivity contribution is 9.10. The standard InChI is InChI=1S/C25H16BrN3O4/c26-19-6-3-7-20(13-19)29-24(31)22(23(30)28-25(29)32)12-16-8-10-21(11-9-16)33-15-18-5-2-1-4-17(18)14-27/h1-13H,15H2,(H,28,30,32). The van der Waals surface area contributed by atoms with Crippen molar-refractivity contribution in [3.63, 3.8) is 0 Å². The molecule has 0 radical (unpaired) electrons. The highest BCUT2D eigenvalue weighted by Crippen LogP contribution is 2.25. The third-order valence-electron chi connectivity index (χ3n) is 4.89. The second kappa shape index (κ2) is 9.51. The molecule has 0 atom stereocenters. The third-order valence-corrected chi connectivity index (χ3v) is 5.38. The molecule has 3 aromatic carbocycles. The number of barbiturate groups is 1. The number of nitrogens with one attached hydrogen (secondary N) is 1. The zero-order valence-corrected chi connectivity index (χ0v) is 18.7. The van der Waals surface area contributed by atoms with E-state index in [0.717, 1.165) is 10.5 Å². The molecule has 4 rings (SSSR count). The second-order valence-corrected chi connectivity index (χ2v) is 7.98. The van der Waals surface area contributed by atoms with Gasteiger partial charge in [0.2, 0.25) is 0 Å². The molecule has 1 aliphatic heterocycles. The number of ether oxygens (including phenoxy) is 1. The van der Waals surface area contributed by atoms with Crippen molar-refractivity contribution < 1.29 is 19.1 Å². The van der Waals surface area contributed by atoms with Crippen molar-refractivity contribution in [3.05, 3.63) is 99.5 Å². The van der Waals surface area contributed by atoms with Crippen LogP contribution >= 0.6 is 15.9 Å². The number of anilines is 1. The Balaban J connectivity index is 1.53. The number of carbonyl (C=O) groups excluding carboxylic acids is 3. The van der Waals surface area contributed by atoms with Gasteiger partial charge in [0.1, 0.15) is 17.9 Å². The number of hydrogen-bond donors (Lipinski definition) is 1. The van der Waals surface area contributed by atoms with Gasteiger partial charge in [-0.05, 0) is 48.0 Å². The van der Waals surface area contributed by atoms with E-state index in [-0.39, 0.29) is 12.2 Å². The van der Waals surface area contributed by atoms with E-state index in [2.05, 4.69) is 27.3 Å². The van der Waals surface area contributed by atoms with E-state index in [4.69, 9.17) is 4.74 Å². The lowest BCUT2D eigenvalue weighted by atomic mass is 10.1. The molecule has 1 aliphatic rings. The van der Waals surface area contributed by atoms with Crippen molar-refractivity contribution in [2.24, 2.45) is 0 Å². The topological polar surface area (TPSA) is 99.5 Å². The Kier molecular flexibility index (Phi) is 6.33. The average molecular weight is 502 g/mol. The van der Waals surface area contributed by atoms with Gasteiger partial charge >= 0.3 is 6.03 Å². The maximum absolute atomic E-state index is 13.0. The number of nitriles is 1. The van der Waals surface area contributed by atoms with Crippen LogP contribution in [0.2, 0.25) is 0 Å². The maximum Gasteiger partial charge on any atom is 0.335 e. The number of halogens is 1. The minimum Gasteiger partial charge on any atom is -0.489 e. The number of rotatable bonds is 5. The monoisotopic (exact) mass is 501 g/mol. The molecule has 1 N–H and O–H groups in total. The van der Waals surface area contributed by atoms with Gasteiger partial charge in [-0.2, -0.15) is 5.26 Å². The lowest BCUT2D eigenvalue weighted by Crippen LogP contribution is -2.54. The first-order valence-corrected chi connectivity index (χ1v) is 10.6. The number of carbonyl (C=O) groups is 3. The van der Waals surface area contributed by atoms with Gasteiger partial charge in [-0.1, -0.05) is 52.3 Å². The van der Waals surface area contributed by atoms with Crippen LogP contribution in [0.1, 0.15) is 16.7 Å². The van der Waals surface area contributed by atoms with E-state index >= 15 is 0 Å². The van der Waals surface area contributed by atoms with Crippen molar-refractivity contribution in [3.8, 4) is 11.8 Å². The van der Waals surface area contributed by atoms with Crippen LogP contribution in [0.3, 0.4) is 0 Å². The summed E-state index contributed by atoms with van der Waals surface area (Å²) in [7, 11) is 0. The van der Waals surface area contributed by atoms with Crippen LogP contribution in [-0.2, 0) is 16.2 Å².